The summed E-state index contributed by atoms with van der Waals surface area (Å²) in [7, 11) is 0. The summed E-state index contributed by atoms with van der Waals surface area (Å²) in [5, 5.41) is 3.00. The van der Waals surface area contributed by atoms with Gasteiger partial charge in [0.1, 0.15) is 11.5 Å². The average molecular weight is 333 g/mol. The highest BCUT2D eigenvalue weighted by atomic mass is 16.5. The zero-order valence-electron chi connectivity index (χ0n) is 13.7. The van der Waals surface area contributed by atoms with Gasteiger partial charge in [0, 0.05) is 23.7 Å². The number of rotatable bonds is 4. The van der Waals surface area contributed by atoms with Crippen LogP contribution in [0.3, 0.4) is 0 Å². The SMILES string of the molecule is O=C(Nc1ccc(Oc2ccccc2)cc1)C1CCc2nc[nH]c2C1. The van der Waals surface area contributed by atoms with E-state index < -0.39 is 0 Å². The number of hydrogen-bond acceptors (Lipinski definition) is 3. The fourth-order valence-corrected chi connectivity index (χ4v) is 3.10. The van der Waals surface area contributed by atoms with Gasteiger partial charge in [0.25, 0.3) is 0 Å². The Morgan fingerprint density at radius 2 is 1.84 bits per heavy atom. The summed E-state index contributed by atoms with van der Waals surface area (Å²) in [6.45, 7) is 0. The second-order valence-electron chi connectivity index (χ2n) is 6.20. The predicted molar refractivity (Wildman–Crippen MR) is 95.7 cm³/mol. The van der Waals surface area contributed by atoms with Crippen molar-refractivity contribution in [2.24, 2.45) is 5.92 Å². The molecule has 1 aliphatic carbocycles. The maximum absolute atomic E-state index is 12.5. The van der Waals surface area contributed by atoms with Gasteiger partial charge in [0.2, 0.25) is 5.91 Å². The number of aromatic nitrogens is 2. The summed E-state index contributed by atoms with van der Waals surface area (Å²) in [5.74, 6) is 1.56. The third kappa shape index (κ3) is 3.55. The van der Waals surface area contributed by atoms with Crippen LogP contribution in [0.5, 0.6) is 11.5 Å². The van der Waals surface area contributed by atoms with Crippen molar-refractivity contribution in [2.75, 3.05) is 5.32 Å². The molecule has 2 N–H and O–H groups in total. The number of carbonyl (C=O) groups is 1. The number of amides is 1. The molecule has 2 aromatic carbocycles. The summed E-state index contributed by atoms with van der Waals surface area (Å²) in [6, 6.07) is 17.1. The van der Waals surface area contributed by atoms with Crippen LogP contribution in [0.4, 0.5) is 5.69 Å². The minimum atomic E-state index is -0.0202. The van der Waals surface area contributed by atoms with Crippen LogP contribution < -0.4 is 10.1 Å². The highest BCUT2D eigenvalue weighted by Gasteiger charge is 2.26. The van der Waals surface area contributed by atoms with Crippen molar-refractivity contribution in [3.05, 3.63) is 72.3 Å². The van der Waals surface area contributed by atoms with Crippen LogP contribution in [0, 0.1) is 5.92 Å². The lowest BCUT2D eigenvalue weighted by Crippen LogP contribution is -2.28. The van der Waals surface area contributed by atoms with E-state index in [1.807, 2.05) is 54.6 Å². The first-order chi connectivity index (χ1) is 12.3. The molecule has 1 atom stereocenters. The number of hydrogen-bond donors (Lipinski definition) is 2. The normalized spacial score (nSPS) is 16.1. The van der Waals surface area contributed by atoms with Crippen LogP contribution in [0.1, 0.15) is 17.8 Å². The molecule has 0 bridgehead atoms. The molecule has 25 heavy (non-hydrogen) atoms. The first-order valence-electron chi connectivity index (χ1n) is 8.43. The zero-order valence-corrected chi connectivity index (χ0v) is 13.7. The Kier molecular flexibility index (Phi) is 4.21. The third-order valence-electron chi connectivity index (χ3n) is 4.46. The van der Waals surface area contributed by atoms with Gasteiger partial charge in [0.05, 0.1) is 12.0 Å². The van der Waals surface area contributed by atoms with E-state index in [0.717, 1.165) is 47.8 Å². The predicted octanol–water partition coefficient (Wildman–Crippen LogP) is 3.95. The van der Waals surface area contributed by atoms with Crippen molar-refractivity contribution in [1.29, 1.82) is 0 Å². The van der Waals surface area contributed by atoms with Crippen LogP contribution >= 0.6 is 0 Å². The quantitative estimate of drug-likeness (QED) is 0.760. The molecule has 5 heteroatoms. The van der Waals surface area contributed by atoms with E-state index in [1.165, 1.54) is 0 Å². The smallest absolute Gasteiger partial charge is 0.227 e. The maximum atomic E-state index is 12.5. The van der Waals surface area contributed by atoms with Crippen LogP contribution in [0.25, 0.3) is 0 Å². The molecule has 1 aromatic heterocycles. The second kappa shape index (κ2) is 6.81. The second-order valence-corrected chi connectivity index (χ2v) is 6.20. The number of aryl methyl sites for hydroxylation is 1. The molecule has 0 spiro atoms. The van der Waals surface area contributed by atoms with Gasteiger partial charge in [-0.3, -0.25) is 4.79 Å². The Labute approximate surface area is 146 Å². The van der Waals surface area contributed by atoms with Crippen LogP contribution in [-0.4, -0.2) is 15.9 Å². The molecule has 0 aliphatic heterocycles. The molecule has 5 nitrogen and oxygen atoms in total. The molecule has 0 saturated heterocycles. The number of imidazole rings is 1. The van der Waals surface area contributed by atoms with E-state index in [2.05, 4.69) is 15.3 Å². The van der Waals surface area contributed by atoms with Crippen LogP contribution in [0.2, 0.25) is 0 Å². The Morgan fingerprint density at radius 1 is 1.08 bits per heavy atom. The number of carbonyl (C=O) groups excluding carboxylic acids is 1. The van der Waals surface area contributed by atoms with Gasteiger partial charge in [-0.1, -0.05) is 18.2 Å². The van der Waals surface area contributed by atoms with Crippen LogP contribution in [-0.2, 0) is 17.6 Å². The van der Waals surface area contributed by atoms with E-state index in [0.29, 0.717) is 0 Å². The number of aromatic amines is 1. The number of para-hydroxylation sites is 1. The molecule has 1 unspecified atom stereocenters. The fourth-order valence-electron chi connectivity index (χ4n) is 3.10. The number of fused-ring (bicyclic) bond motifs is 1. The molecule has 1 heterocycles. The van der Waals surface area contributed by atoms with Crippen molar-refractivity contribution in [1.82, 2.24) is 9.97 Å². The van der Waals surface area contributed by atoms with Gasteiger partial charge >= 0.3 is 0 Å². The molecule has 1 amide bonds. The average Bonchev–Trinajstić information content (AvgIpc) is 3.12. The molecule has 0 saturated carbocycles. The van der Waals surface area contributed by atoms with Gasteiger partial charge in [-0.2, -0.15) is 0 Å². The first-order valence-corrected chi connectivity index (χ1v) is 8.43. The standard InChI is InChI=1S/C20H19N3O2/c24-20(14-6-11-18-19(12-14)22-13-21-18)23-15-7-9-17(10-8-15)25-16-4-2-1-3-5-16/h1-5,7-10,13-14H,6,11-12H2,(H,21,22)(H,23,24). The summed E-state index contributed by atoms with van der Waals surface area (Å²) in [4.78, 5) is 19.9. The Morgan fingerprint density at radius 3 is 2.64 bits per heavy atom. The number of anilines is 1. The maximum Gasteiger partial charge on any atom is 0.227 e. The van der Waals surface area contributed by atoms with Gasteiger partial charge in [0.15, 0.2) is 0 Å². The number of nitrogens with one attached hydrogen (secondary N) is 2. The minimum absolute atomic E-state index is 0.0202. The molecule has 0 radical (unpaired) electrons. The molecule has 0 fully saturated rings. The Bertz CT molecular complexity index is 856. The molecule has 3 aromatic rings. The van der Waals surface area contributed by atoms with Gasteiger partial charge in [-0.15, -0.1) is 0 Å². The lowest BCUT2D eigenvalue weighted by atomic mass is 9.89. The Hall–Kier alpha value is -3.08. The number of ether oxygens (including phenoxy) is 1. The lowest BCUT2D eigenvalue weighted by Gasteiger charge is -2.20. The zero-order chi connectivity index (χ0) is 17.1. The lowest BCUT2D eigenvalue weighted by molar-refractivity contribution is -0.120. The topological polar surface area (TPSA) is 67.0 Å². The van der Waals surface area contributed by atoms with E-state index >= 15 is 0 Å². The first kappa shape index (κ1) is 15.4. The molecular formula is C20H19N3O2. The molecule has 4 rings (SSSR count). The number of nitrogens with zero attached hydrogens (tertiary/aromatic N) is 1. The van der Waals surface area contributed by atoms with E-state index in [4.69, 9.17) is 4.74 Å². The summed E-state index contributed by atoms with van der Waals surface area (Å²) in [6.07, 6.45) is 4.10. The highest BCUT2D eigenvalue weighted by Crippen LogP contribution is 2.26. The highest BCUT2D eigenvalue weighted by molar-refractivity contribution is 5.92. The molecule has 1 aliphatic rings. The van der Waals surface area contributed by atoms with Crippen molar-refractivity contribution in [3.63, 3.8) is 0 Å². The third-order valence-corrected chi connectivity index (χ3v) is 4.46. The van der Waals surface area contributed by atoms with Crippen molar-refractivity contribution >= 4 is 11.6 Å². The van der Waals surface area contributed by atoms with E-state index in [1.54, 1.807) is 6.33 Å². The van der Waals surface area contributed by atoms with Gasteiger partial charge in [-0.05, 0) is 49.2 Å². The molecular weight excluding hydrogens is 314 g/mol. The summed E-state index contributed by atoms with van der Waals surface area (Å²) in [5.41, 5.74) is 2.95. The van der Waals surface area contributed by atoms with Gasteiger partial charge < -0.3 is 15.0 Å². The van der Waals surface area contributed by atoms with Crippen molar-refractivity contribution < 1.29 is 9.53 Å². The van der Waals surface area contributed by atoms with Gasteiger partial charge in [-0.25, -0.2) is 4.98 Å². The minimum Gasteiger partial charge on any atom is -0.457 e. The Balaban J connectivity index is 1.37. The van der Waals surface area contributed by atoms with E-state index in [-0.39, 0.29) is 11.8 Å². The number of H-pyrrole nitrogens is 1. The van der Waals surface area contributed by atoms with E-state index in [9.17, 15) is 4.79 Å². The largest absolute Gasteiger partial charge is 0.457 e. The van der Waals surface area contributed by atoms with Crippen molar-refractivity contribution in [3.8, 4) is 11.5 Å². The van der Waals surface area contributed by atoms with Crippen LogP contribution in [0.15, 0.2) is 60.9 Å². The number of benzene rings is 2. The fraction of sp³-hybridized carbons (Fsp3) is 0.200. The van der Waals surface area contributed by atoms with Crippen molar-refractivity contribution in [2.45, 2.75) is 19.3 Å². The monoisotopic (exact) mass is 333 g/mol. The summed E-state index contributed by atoms with van der Waals surface area (Å²) < 4.78 is 5.76. The summed E-state index contributed by atoms with van der Waals surface area (Å²) >= 11 is 0. The molecule has 126 valence electrons.